The summed E-state index contributed by atoms with van der Waals surface area (Å²) in [7, 11) is 0. The van der Waals surface area contributed by atoms with Crippen molar-refractivity contribution in [3.05, 3.63) is 23.5 Å². The van der Waals surface area contributed by atoms with Crippen LogP contribution in [0.5, 0.6) is 0 Å². The first kappa shape index (κ1) is 12.3. The van der Waals surface area contributed by atoms with E-state index in [-0.39, 0.29) is 17.1 Å². The van der Waals surface area contributed by atoms with E-state index in [9.17, 15) is 9.59 Å². The fourth-order valence-corrected chi connectivity index (χ4v) is 1.14. The highest BCUT2D eigenvalue weighted by atomic mass is 16.2. The zero-order chi connectivity index (χ0) is 12.3. The maximum atomic E-state index is 11.8. The molecule has 0 spiro atoms. The van der Waals surface area contributed by atoms with Gasteiger partial charge in [-0.3, -0.25) is 9.59 Å². The van der Waals surface area contributed by atoms with Gasteiger partial charge in [-0.25, -0.2) is 0 Å². The van der Waals surface area contributed by atoms with Crippen LogP contribution in [0.3, 0.4) is 0 Å². The predicted octanol–water partition coefficient (Wildman–Crippen LogP) is 1.03. The Bertz CT molecular complexity index is 407. The Morgan fingerprint density at radius 2 is 2.12 bits per heavy atom. The molecule has 0 bridgehead atoms. The third kappa shape index (κ3) is 2.85. The first-order valence-corrected chi connectivity index (χ1v) is 5.16. The maximum Gasteiger partial charge on any atom is 0.265 e. The maximum absolute atomic E-state index is 11.8. The molecule has 88 valence electrons. The molecule has 0 aromatic carbocycles. The van der Waals surface area contributed by atoms with Crippen molar-refractivity contribution in [2.75, 3.05) is 0 Å². The second-order valence-electron chi connectivity index (χ2n) is 4.36. The minimum atomic E-state index is -0.575. The lowest BCUT2D eigenvalue weighted by atomic mass is 10.0. The number of aromatic nitrogens is 1. The number of amides is 2. The van der Waals surface area contributed by atoms with Crippen LogP contribution >= 0.6 is 0 Å². The van der Waals surface area contributed by atoms with Gasteiger partial charge in [0.05, 0.1) is 5.56 Å². The Hall–Kier alpha value is -1.78. The summed E-state index contributed by atoms with van der Waals surface area (Å²) in [6.45, 7) is 5.87. The van der Waals surface area contributed by atoms with Gasteiger partial charge in [-0.15, -0.1) is 0 Å². The van der Waals surface area contributed by atoms with Crippen molar-refractivity contribution in [3.63, 3.8) is 0 Å². The second kappa shape index (κ2) is 4.38. The smallest absolute Gasteiger partial charge is 0.265 e. The molecule has 0 atom stereocenters. The van der Waals surface area contributed by atoms with E-state index >= 15 is 0 Å². The van der Waals surface area contributed by atoms with Crippen molar-refractivity contribution >= 4 is 11.8 Å². The fraction of sp³-hybridized carbons (Fsp3) is 0.455. The standard InChI is InChI=1S/C11H17N3O2/c1-4-11(2,3)14-10(16)7-5-8(9(12)15)13-6-7/h5-6,13H,4H2,1-3H3,(H2,12,15)(H,14,16). The summed E-state index contributed by atoms with van der Waals surface area (Å²) in [6.07, 6.45) is 2.30. The van der Waals surface area contributed by atoms with E-state index in [2.05, 4.69) is 10.3 Å². The van der Waals surface area contributed by atoms with Gasteiger partial charge in [0.2, 0.25) is 0 Å². The minimum Gasteiger partial charge on any atom is -0.364 e. The van der Waals surface area contributed by atoms with Crippen LogP contribution in [0.4, 0.5) is 0 Å². The molecule has 0 fully saturated rings. The summed E-state index contributed by atoms with van der Waals surface area (Å²) in [5.74, 6) is -0.788. The number of carbonyl (C=O) groups excluding carboxylic acids is 2. The highest BCUT2D eigenvalue weighted by Crippen LogP contribution is 2.10. The van der Waals surface area contributed by atoms with Gasteiger partial charge in [-0.05, 0) is 26.3 Å². The van der Waals surface area contributed by atoms with Crippen LogP contribution < -0.4 is 11.1 Å². The SMILES string of the molecule is CCC(C)(C)NC(=O)c1c[nH]c(C(N)=O)c1. The molecule has 1 aromatic rings. The lowest BCUT2D eigenvalue weighted by Crippen LogP contribution is -2.42. The highest BCUT2D eigenvalue weighted by molar-refractivity contribution is 5.98. The molecule has 16 heavy (non-hydrogen) atoms. The Morgan fingerprint density at radius 3 is 2.56 bits per heavy atom. The molecule has 4 N–H and O–H groups in total. The van der Waals surface area contributed by atoms with Crippen LogP contribution in [-0.2, 0) is 0 Å². The van der Waals surface area contributed by atoms with E-state index in [0.29, 0.717) is 5.56 Å². The van der Waals surface area contributed by atoms with E-state index in [4.69, 9.17) is 5.73 Å². The van der Waals surface area contributed by atoms with Crippen LogP contribution in [0.1, 0.15) is 48.0 Å². The molecular weight excluding hydrogens is 206 g/mol. The average molecular weight is 223 g/mol. The van der Waals surface area contributed by atoms with Crippen LogP contribution in [0, 0.1) is 0 Å². The van der Waals surface area contributed by atoms with E-state index in [1.165, 1.54) is 12.3 Å². The summed E-state index contributed by atoms with van der Waals surface area (Å²) in [4.78, 5) is 25.3. The van der Waals surface area contributed by atoms with Crippen LogP contribution in [-0.4, -0.2) is 22.3 Å². The average Bonchev–Trinajstić information content (AvgIpc) is 2.66. The van der Waals surface area contributed by atoms with Gasteiger partial charge in [-0.2, -0.15) is 0 Å². The summed E-state index contributed by atoms with van der Waals surface area (Å²) >= 11 is 0. The second-order valence-corrected chi connectivity index (χ2v) is 4.36. The zero-order valence-electron chi connectivity index (χ0n) is 9.76. The van der Waals surface area contributed by atoms with E-state index in [1.54, 1.807) is 0 Å². The molecule has 1 rings (SSSR count). The number of rotatable bonds is 4. The predicted molar refractivity (Wildman–Crippen MR) is 61.1 cm³/mol. The number of H-pyrrole nitrogens is 1. The number of primary amides is 1. The molecular formula is C11H17N3O2. The lowest BCUT2D eigenvalue weighted by Gasteiger charge is -2.24. The van der Waals surface area contributed by atoms with Crippen LogP contribution in [0.15, 0.2) is 12.3 Å². The Kier molecular flexibility index (Phi) is 3.37. The molecule has 5 heteroatoms. The molecule has 0 unspecified atom stereocenters. The molecule has 0 aliphatic heterocycles. The largest absolute Gasteiger partial charge is 0.364 e. The number of aromatic amines is 1. The van der Waals surface area contributed by atoms with Gasteiger partial charge in [0, 0.05) is 11.7 Å². The van der Waals surface area contributed by atoms with Gasteiger partial charge in [0.15, 0.2) is 0 Å². The molecule has 0 saturated carbocycles. The minimum absolute atomic E-state index is 0.212. The van der Waals surface area contributed by atoms with Crippen molar-refractivity contribution in [3.8, 4) is 0 Å². The third-order valence-electron chi connectivity index (χ3n) is 2.55. The highest BCUT2D eigenvalue weighted by Gasteiger charge is 2.19. The Morgan fingerprint density at radius 1 is 1.50 bits per heavy atom. The quantitative estimate of drug-likeness (QED) is 0.711. The van der Waals surface area contributed by atoms with Crippen molar-refractivity contribution in [1.29, 1.82) is 0 Å². The van der Waals surface area contributed by atoms with Gasteiger partial charge in [0.1, 0.15) is 5.69 Å². The van der Waals surface area contributed by atoms with E-state index < -0.39 is 5.91 Å². The third-order valence-corrected chi connectivity index (χ3v) is 2.55. The van der Waals surface area contributed by atoms with Gasteiger partial charge in [0.25, 0.3) is 11.8 Å². The Labute approximate surface area is 94.4 Å². The fourth-order valence-electron chi connectivity index (χ4n) is 1.14. The van der Waals surface area contributed by atoms with Gasteiger partial charge in [-0.1, -0.05) is 6.92 Å². The molecule has 2 amide bonds. The van der Waals surface area contributed by atoms with Gasteiger partial charge >= 0.3 is 0 Å². The summed E-state index contributed by atoms with van der Waals surface area (Å²) in [5, 5.41) is 2.86. The van der Waals surface area contributed by atoms with Crippen molar-refractivity contribution < 1.29 is 9.59 Å². The first-order chi connectivity index (χ1) is 7.35. The lowest BCUT2D eigenvalue weighted by molar-refractivity contribution is 0.0911. The molecule has 0 radical (unpaired) electrons. The van der Waals surface area contributed by atoms with E-state index in [0.717, 1.165) is 6.42 Å². The number of hydrogen-bond acceptors (Lipinski definition) is 2. The van der Waals surface area contributed by atoms with Gasteiger partial charge < -0.3 is 16.0 Å². The zero-order valence-corrected chi connectivity index (χ0v) is 9.76. The van der Waals surface area contributed by atoms with Crippen molar-refractivity contribution in [2.45, 2.75) is 32.7 Å². The Balaban J connectivity index is 2.77. The monoisotopic (exact) mass is 223 g/mol. The molecule has 0 aliphatic carbocycles. The first-order valence-electron chi connectivity index (χ1n) is 5.16. The number of nitrogens with one attached hydrogen (secondary N) is 2. The molecule has 1 heterocycles. The summed E-state index contributed by atoms with van der Waals surface area (Å²) in [5.41, 5.74) is 5.46. The molecule has 1 aromatic heterocycles. The summed E-state index contributed by atoms with van der Waals surface area (Å²) < 4.78 is 0. The van der Waals surface area contributed by atoms with Crippen molar-refractivity contribution in [1.82, 2.24) is 10.3 Å². The normalized spacial score (nSPS) is 11.2. The van der Waals surface area contributed by atoms with Crippen LogP contribution in [0.2, 0.25) is 0 Å². The molecule has 0 saturated heterocycles. The number of hydrogen-bond donors (Lipinski definition) is 3. The summed E-state index contributed by atoms with van der Waals surface area (Å²) in [6, 6.07) is 1.45. The van der Waals surface area contributed by atoms with E-state index in [1.807, 2.05) is 20.8 Å². The van der Waals surface area contributed by atoms with Crippen LogP contribution in [0.25, 0.3) is 0 Å². The topological polar surface area (TPSA) is 88.0 Å². The number of carbonyl (C=O) groups is 2. The molecule has 0 aliphatic rings. The number of nitrogens with two attached hydrogens (primary N) is 1. The van der Waals surface area contributed by atoms with Crippen molar-refractivity contribution in [2.24, 2.45) is 5.73 Å². The molecule has 5 nitrogen and oxygen atoms in total.